The minimum Gasteiger partial charge on any atom is -0.384 e. The molecule has 2 heterocycles. The third-order valence-electron chi connectivity index (χ3n) is 2.49. The average Bonchev–Trinajstić information content (AvgIpc) is 2.84. The number of thiophene rings is 1. The SMILES string of the molecule is CCc1ccc(CNC(=O)c2cccc(N)n2)s1. The van der Waals surface area contributed by atoms with Crippen LogP contribution in [0.4, 0.5) is 5.82 Å². The Bertz CT molecular complexity index is 551. The summed E-state index contributed by atoms with van der Waals surface area (Å²) in [6.07, 6.45) is 1.02. The first-order valence-corrected chi connectivity index (χ1v) is 6.59. The molecule has 2 aromatic rings. The number of carbonyl (C=O) groups excluding carboxylic acids is 1. The number of rotatable bonds is 4. The van der Waals surface area contributed by atoms with E-state index < -0.39 is 0 Å². The molecule has 18 heavy (non-hydrogen) atoms. The molecule has 5 heteroatoms. The van der Waals surface area contributed by atoms with Crippen LogP contribution in [0, 0.1) is 0 Å². The highest BCUT2D eigenvalue weighted by atomic mass is 32.1. The van der Waals surface area contributed by atoms with Crippen LogP contribution in [0.3, 0.4) is 0 Å². The fourth-order valence-corrected chi connectivity index (χ4v) is 2.44. The van der Waals surface area contributed by atoms with E-state index in [-0.39, 0.29) is 5.91 Å². The maximum absolute atomic E-state index is 11.8. The molecule has 0 aliphatic heterocycles. The van der Waals surface area contributed by atoms with Crippen molar-refractivity contribution in [1.29, 1.82) is 0 Å². The summed E-state index contributed by atoms with van der Waals surface area (Å²) in [4.78, 5) is 18.3. The van der Waals surface area contributed by atoms with Gasteiger partial charge in [-0.2, -0.15) is 0 Å². The van der Waals surface area contributed by atoms with Crippen LogP contribution in [-0.4, -0.2) is 10.9 Å². The number of nitrogen functional groups attached to an aromatic ring is 1. The van der Waals surface area contributed by atoms with Crippen molar-refractivity contribution in [1.82, 2.24) is 10.3 Å². The highest BCUT2D eigenvalue weighted by molar-refractivity contribution is 7.11. The largest absolute Gasteiger partial charge is 0.384 e. The third kappa shape index (κ3) is 3.07. The number of amides is 1. The van der Waals surface area contributed by atoms with Crippen LogP contribution in [0.5, 0.6) is 0 Å². The topological polar surface area (TPSA) is 68.0 Å². The fraction of sp³-hybridized carbons (Fsp3) is 0.231. The predicted octanol–water partition coefficient (Wildman–Crippen LogP) is 2.22. The van der Waals surface area contributed by atoms with Crippen molar-refractivity contribution in [2.75, 3.05) is 5.73 Å². The van der Waals surface area contributed by atoms with Crippen LogP contribution in [-0.2, 0) is 13.0 Å². The number of hydrogen-bond acceptors (Lipinski definition) is 4. The quantitative estimate of drug-likeness (QED) is 0.886. The van der Waals surface area contributed by atoms with Crippen LogP contribution >= 0.6 is 11.3 Å². The first-order valence-electron chi connectivity index (χ1n) is 5.77. The van der Waals surface area contributed by atoms with Crippen LogP contribution in [0.25, 0.3) is 0 Å². The van der Waals surface area contributed by atoms with Gasteiger partial charge in [0.2, 0.25) is 0 Å². The number of aryl methyl sites for hydroxylation is 1. The molecule has 1 amide bonds. The second kappa shape index (κ2) is 5.64. The van der Waals surface area contributed by atoms with Crippen molar-refractivity contribution in [3.05, 3.63) is 45.8 Å². The molecular formula is C13H15N3OS. The first kappa shape index (κ1) is 12.6. The van der Waals surface area contributed by atoms with Gasteiger partial charge in [0.15, 0.2) is 0 Å². The lowest BCUT2D eigenvalue weighted by Gasteiger charge is -2.03. The number of aromatic nitrogens is 1. The first-order chi connectivity index (χ1) is 8.69. The number of hydrogen-bond donors (Lipinski definition) is 2. The van der Waals surface area contributed by atoms with Crippen LogP contribution in [0.2, 0.25) is 0 Å². The van der Waals surface area contributed by atoms with E-state index in [1.54, 1.807) is 29.5 Å². The molecular weight excluding hydrogens is 246 g/mol. The zero-order chi connectivity index (χ0) is 13.0. The molecule has 0 aliphatic rings. The Kier molecular flexibility index (Phi) is 3.94. The molecule has 0 atom stereocenters. The summed E-state index contributed by atoms with van der Waals surface area (Å²) in [6.45, 7) is 2.64. The maximum Gasteiger partial charge on any atom is 0.270 e. The Morgan fingerprint density at radius 3 is 2.78 bits per heavy atom. The summed E-state index contributed by atoms with van der Waals surface area (Å²) in [5.74, 6) is 0.154. The van der Waals surface area contributed by atoms with Crippen molar-refractivity contribution in [3.63, 3.8) is 0 Å². The molecule has 0 saturated carbocycles. The predicted molar refractivity (Wildman–Crippen MR) is 73.5 cm³/mol. The highest BCUT2D eigenvalue weighted by Gasteiger charge is 2.07. The second-order valence-corrected chi connectivity index (χ2v) is 5.10. The van der Waals surface area contributed by atoms with Gasteiger partial charge in [-0.15, -0.1) is 11.3 Å². The fourth-order valence-electron chi connectivity index (χ4n) is 1.54. The minimum atomic E-state index is -0.200. The monoisotopic (exact) mass is 261 g/mol. The summed E-state index contributed by atoms with van der Waals surface area (Å²) in [5.41, 5.74) is 5.89. The van der Waals surface area contributed by atoms with Gasteiger partial charge in [0.1, 0.15) is 11.5 Å². The van der Waals surface area contributed by atoms with Gasteiger partial charge in [0.25, 0.3) is 5.91 Å². The Morgan fingerprint density at radius 2 is 2.11 bits per heavy atom. The molecule has 0 unspecified atom stereocenters. The molecule has 0 saturated heterocycles. The molecule has 0 bridgehead atoms. The van der Waals surface area contributed by atoms with Gasteiger partial charge in [-0.3, -0.25) is 4.79 Å². The summed E-state index contributed by atoms with van der Waals surface area (Å²) >= 11 is 1.71. The lowest BCUT2D eigenvalue weighted by Crippen LogP contribution is -2.23. The van der Waals surface area contributed by atoms with Gasteiger partial charge >= 0.3 is 0 Å². The van der Waals surface area contributed by atoms with Crippen LogP contribution < -0.4 is 11.1 Å². The molecule has 94 valence electrons. The van der Waals surface area contributed by atoms with E-state index >= 15 is 0 Å². The normalized spacial score (nSPS) is 10.3. The molecule has 0 spiro atoms. The number of nitrogens with one attached hydrogen (secondary N) is 1. The van der Waals surface area contributed by atoms with Gasteiger partial charge in [-0.25, -0.2) is 4.98 Å². The van der Waals surface area contributed by atoms with E-state index in [1.165, 1.54) is 4.88 Å². The van der Waals surface area contributed by atoms with Crippen LogP contribution in [0.1, 0.15) is 27.2 Å². The van der Waals surface area contributed by atoms with E-state index in [9.17, 15) is 4.79 Å². The van der Waals surface area contributed by atoms with E-state index in [4.69, 9.17) is 5.73 Å². The Hall–Kier alpha value is -1.88. The molecule has 4 nitrogen and oxygen atoms in total. The Balaban J connectivity index is 1.96. The van der Waals surface area contributed by atoms with Gasteiger partial charge in [0.05, 0.1) is 6.54 Å². The molecule has 0 fully saturated rings. The molecule has 2 aromatic heterocycles. The van der Waals surface area contributed by atoms with Gasteiger partial charge in [-0.1, -0.05) is 13.0 Å². The number of anilines is 1. The minimum absolute atomic E-state index is 0.200. The van der Waals surface area contributed by atoms with E-state index in [0.717, 1.165) is 11.3 Å². The molecule has 0 aliphatic carbocycles. The highest BCUT2D eigenvalue weighted by Crippen LogP contribution is 2.16. The zero-order valence-electron chi connectivity index (χ0n) is 10.1. The summed E-state index contributed by atoms with van der Waals surface area (Å²) in [7, 11) is 0. The van der Waals surface area contributed by atoms with Gasteiger partial charge < -0.3 is 11.1 Å². The lowest BCUT2D eigenvalue weighted by atomic mass is 10.3. The third-order valence-corrected chi connectivity index (χ3v) is 3.72. The zero-order valence-corrected chi connectivity index (χ0v) is 11.0. The van der Waals surface area contributed by atoms with E-state index in [2.05, 4.69) is 23.3 Å². The van der Waals surface area contributed by atoms with Crippen LogP contribution in [0.15, 0.2) is 30.3 Å². The Labute approximate surface area is 110 Å². The number of carbonyl (C=O) groups is 1. The standard InChI is InChI=1S/C13H15N3OS/c1-2-9-6-7-10(18-9)8-15-13(17)11-4-3-5-12(14)16-11/h3-7H,2,8H2,1H3,(H2,14,16)(H,15,17). The number of pyridine rings is 1. The van der Waals surface area contributed by atoms with Gasteiger partial charge in [0, 0.05) is 9.75 Å². The maximum atomic E-state index is 11.8. The smallest absolute Gasteiger partial charge is 0.270 e. The van der Waals surface area contributed by atoms with Crippen molar-refractivity contribution < 1.29 is 4.79 Å². The summed E-state index contributed by atoms with van der Waals surface area (Å²) in [6, 6.07) is 9.15. The van der Waals surface area contributed by atoms with Gasteiger partial charge in [-0.05, 0) is 30.7 Å². The summed E-state index contributed by atoms with van der Waals surface area (Å²) < 4.78 is 0. The van der Waals surface area contributed by atoms with Crippen molar-refractivity contribution in [2.24, 2.45) is 0 Å². The molecule has 0 radical (unpaired) electrons. The second-order valence-electron chi connectivity index (χ2n) is 3.85. The van der Waals surface area contributed by atoms with Crippen molar-refractivity contribution in [3.8, 4) is 0 Å². The average molecular weight is 261 g/mol. The lowest BCUT2D eigenvalue weighted by molar-refractivity contribution is 0.0946. The van der Waals surface area contributed by atoms with Crippen molar-refractivity contribution in [2.45, 2.75) is 19.9 Å². The number of nitrogens with two attached hydrogens (primary N) is 1. The van der Waals surface area contributed by atoms with E-state index in [1.807, 2.05) is 6.07 Å². The number of nitrogens with zero attached hydrogens (tertiary/aromatic N) is 1. The molecule has 2 rings (SSSR count). The van der Waals surface area contributed by atoms with E-state index in [0.29, 0.717) is 18.1 Å². The Morgan fingerprint density at radius 1 is 1.33 bits per heavy atom. The summed E-state index contributed by atoms with van der Waals surface area (Å²) in [5, 5.41) is 2.83. The van der Waals surface area contributed by atoms with Crippen molar-refractivity contribution >= 4 is 23.1 Å². The molecule has 0 aromatic carbocycles. The molecule has 3 N–H and O–H groups in total.